The van der Waals surface area contributed by atoms with Crippen LogP contribution in [0.3, 0.4) is 0 Å². The van der Waals surface area contributed by atoms with Crippen molar-refractivity contribution >= 4 is 27.5 Å². The summed E-state index contributed by atoms with van der Waals surface area (Å²) < 4.78 is 1.04. The topological polar surface area (TPSA) is 29.1 Å². The number of rotatable bonds is 3. The molecule has 1 N–H and O–H groups in total. The Balaban J connectivity index is 2.13. The van der Waals surface area contributed by atoms with Gasteiger partial charge in [-0.15, -0.1) is 0 Å². The van der Waals surface area contributed by atoms with E-state index in [1.54, 1.807) is 0 Å². The van der Waals surface area contributed by atoms with Crippen molar-refractivity contribution in [2.24, 2.45) is 0 Å². The van der Waals surface area contributed by atoms with Crippen LogP contribution in [-0.4, -0.2) is 5.91 Å². The summed E-state index contributed by atoms with van der Waals surface area (Å²) in [6.07, 6.45) is 0.980. The molecule has 0 atom stereocenters. The Morgan fingerprint density at radius 2 is 1.84 bits per heavy atom. The molecule has 0 aliphatic rings. The molecule has 0 fully saturated rings. The summed E-state index contributed by atoms with van der Waals surface area (Å²) in [4.78, 5) is 12.1. The number of hydrogen-bond donors (Lipinski definition) is 1. The number of amides is 1. The molecule has 3 heteroatoms. The molecule has 1 amide bonds. The van der Waals surface area contributed by atoms with Crippen LogP contribution in [0.5, 0.6) is 0 Å². The molecule has 0 aliphatic carbocycles. The zero-order valence-electron chi connectivity index (χ0n) is 11.0. The van der Waals surface area contributed by atoms with Gasteiger partial charge in [0.15, 0.2) is 0 Å². The second-order valence-corrected chi connectivity index (χ2v) is 5.32. The predicted molar refractivity (Wildman–Crippen MR) is 82.7 cm³/mol. The number of carbonyl (C=O) groups is 1. The normalized spacial score (nSPS) is 10.3. The Labute approximate surface area is 122 Å². The van der Waals surface area contributed by atoms with Crippen molar-refractivity contribution in [3.05, 3.63) is 63.6 Å². The van der Waals surface area contributed by atoms with Crippen LogP contribution in [-0.2, 0) is 6.42 Å². The van der Waals surface area contributed by atoms with Gasteiger partial charge in [-0.05, 0) is 54.8 Å². The van der Waals surface area contributed by atoms with Gasteiger partial charge in [0.1, 0.15) is 0 Å². The fraction of sp³-hybridized carbons (Fsp3) is 0.188. The maximum Gasteiger partial charge on any atom is 0.255 e. The van der Waals surface area contributed by atoms with Gasteiger partial charge < -0.3 is 5.32 Å². The zero-order chi connectivity index (χ0) is 13.8. The van der Waals surface area contributed by atoms with E-state index in [0.29, 0.717) is 5.56 Å². The molecule has 0 saturated carbocycles. The van der Waals surface area contributed by atoms with Crippen LogP contribution in [0.2, 0.25) is 0 Å². The second-order valence-electron chi connectivity index (χ2n) is 4.47. The molecule has 2 aromatic rings. The van der Waals surface area contributed by atoms with Crippen molar-refractivity contribution in [1.82, 2.24) is 0 Å². The lowest BCUT2D eigenvalue weighted by atomic mass is 10.1. The summed E-state index contributed by atoms with van der Waals surface area (Å²) in [6, 6.07) is 13.5. The Kier molecular flexibility index (Phi) is 4.38. The van der Waals surface area contributed by atoms with Crippen LogP contribution in [0.4, 0.5) is 5.69 Å². The standard InChI is InChI=1S/C16H16BrNO/c1-3-12-4-6-13(7-5-12)16(19)18-14-8-9-15(17)11(2)10-14/h4-10H,3H2,1-2H3,(H,18,19). The van der Waals surface area contributed by atoms with Crippen molar-refractivity contribution in [3.63, 3.8) is 0 Å². The van der Waals surface area contributed by atoms with E-state index in [4.69, 9.17) is 0 Å². The third-order valence-electron chi connectivity index (χ3n) is 3.04. The highest BCUT2D eigenvalue weighted by Gasteiger charge is 2.06. The summed E-state index contributed by atoms with van der Waals surface area (Å²) in [7, 11) is 0. The minimum absolute atomic E-state index is 0.0793. The fourth-order valence-electron chi connectivity index (χ4n) is 1.82. The van der Waals surface area contributed by atoms with Gasteiger partial charge in [0.25, 0.3) is 5.91 Å². The van der Waals surface area contributed by atoms with Crippen LogP contribution in [0.25, 0.3) is 0 Å². The first-order chi connectivity index (χ1) is 9.10. The number of nitrogens with one attached hydrogen (secondary N) is 1. The van der Waals surface area contributed by atoms with E-state index in [1.165, 1.54) is 5.56 Å². The quantitative estimate of drug-likeness (QED) is 0.882. The van der Waals surface area contributed by atoms with E-state index in [1.807, 2.05) is 49.4 Å². The highest BCUT2D eigenvalue weighted by molar-refractivity contribution is 9.10. The Morgan fingerprint density at radius 3 is 2.42 bits per heavy atom. The van der Waals surface area contributed by atoms with E-state index in [2.05, 4.69) is 28.2 Å². The van der Waals surface area contributed by atoms with E-state index in [0.717, 1.165) is 22.1 Å². The molecular weight excluding hydrogens is 302 g/mol. The SMILES string of the molecule is CCc1ccc(C(=O)Nc2ccc(Br)c(C)c2)cc1. The number of hydrogen-bond acceptors (Lipinski definition) is 1. The van der Waals surface area contributed by atoms with Gasteiger partial charge in [0.2, 0.25) is 0 Å². The lowest BCUT2D eigenvalue weighted by Crippen LogP contribution is -2.11. The maximum absolute atomic E-state index is 12.1. The zero-order valence-corrected chi connectivity index (χ0v) is 12.6. The van der Waals surface area contributed by atoms with Crippen LogP contribution >= 0.6 is 15.9 Å². The fourth-order valence-corrected chi connectivity index (χ4v) is 2.06. The Bertz CT molecular complexity index is 590. The molecule has 0 unspecified atom stereocenters. The number of aryl methyl sites for hydroxylation is 2. The third kappa shape index (κ3) is 3.44. The minimum atomic E-state index is -0.0793. The van der Waals surface area contributed by atoms with Crippen molar-refractivity contribution in [2.75, 3.05) is 5.32 Å². The van der Waals surface area contributed by atoms with E-state index in [9.17, 15) is 4.79 Å². The van der Waals surface area contributed by atoms with E-state index in [-0.39, 0.29) is 5.91 Å². The summed E-state index contributed by atoms with van der Waals surface area (Å²) in [5.74, 6) is -0.0793. The Hall–Kier alpha value is -1.61. The van der Waals surface area contributed by atoms with Crippen molar-refractivity contribution in [1.29, 1.82) is 0 Å². The average Bonchev–Trinajstić information content (AvgIpc) is 2.43. The lowest BCUT2D eigenvalue weighted by molar-refractivity contribution is 0.102. The summed E-state index contributed by atoms with van der Waals surface area (Å²) >= 11 is 3.44. The van der Waals surface area contributed by atoms with Crippen LogP contribution in [0.1, 0.15) is 28.4 Å². The van der Waals surface area contributed by atoms with Gasteiger partial charge in [0, 0.05) is 15.7 Å². The second kappa shape index (κ2) is 6.02. The van der Waals surface area contributed by atoms with E-state index < -0.39 is 0 Å². The largest absolute Gasteiger partial charge is 0.322 e. The van der Waals surface area contributed by atoms with Gasteiger partial charge >= 0.3 is 0 Å². The highest BCUT2D eigenvalue weighted by atomic mass is 79.9. The van der Waals surface area contributed by atoms with Crippen LogP contribution in [0.15, 0.2) is 46.9 Å². The number of benzene rings is 2. The lowest BCUT2D eigenvalue weighted by Gasteiger charge is -2.07. The van der Waals surface area contributed by atoms with Gasteiger partial charge in [-0.1, -0.05) is 35.0 Å². The minimum Gasteiger partial charge on any atom is -0.322 e. The first-order valence-electron chi connectivity index (χ1n) is 6.26. The highest BCUT2D eigenvalue weighted by Crippen LogP contribution is 2.20. The summed E-state index contributed by atoms with van der Waals surface area (Å²) in [5.41, 5.74) is 3.82. The van der Waals surface area contributed by atoms with Gasteiger partial charge in [-0.3, -0.25) is 4.79 Å². The molecular formula is C16H16BrNO. The molecule has 98 valence electrons. The maximum atomic E-state index is 12.1. The van der Waals surface area contributed by atoms with Gasteiger partial charge in [-0.25, -0.2) is 0 Å². The predicted octanol–water partition coefficient (Wildman–Crippen LogP) is 4.57. The molecule has 0 bridgehead atoms. The van der Waals surface area contributed by atoms with Gasteiger partial charge in [-0.2, -0.15) is 0 Å². The first kappa shape index (κ1) is 13.8. The number of carbonyl (C=O) groups excluding carboxylic acids is 1. The Morgan fingerprint density at radius 1 is 1.16 bits per heavy atom. The number of anilines is 1. The van der Waals surface area contributed by atoms with Gasteiger partial charge in [0.05, 0.1) is 0 Å². The molecule has 0 aliphatic heterocycles. The third-order valence-corrected chi connectivity index (χ3v) is 3.93. The molecule has 0 aromatic heterocycles. The molecule has 0 heterocycles. The number of halogens is 1. The first-order valence-corrected chi connectivity index (χ1v) is 7.06. The van der Waals surface area contributed by atoms with Crippen molar-refractivity contribution in [2.45, 2.75) is 20.3 Å². The van der Waals surface area contributed by atoms with Crippen LogP contribution in [0, 0.1) is 6.92 Å². The average molecular weight is 318 g/mol. The monoisotopic (exact) mass is 317 g/mol. The summed E-state index contributed by atoms with van der Waals surface area (Å²) in [6.45, 7) is 4.09. The smallest absolute Gasteiger partial charge is 0.255 e. The molecule has 0 spiro atoms. The molecule has 2 nitrogen and oxygen atoms in total. The molecule has 0 radical (unpaired) electrons. The van der Waals surface area contributed by atoms with E-state index >= 15 is 0 Å². The molecule has 2 aromatic carbocycles. The van der Waals surface area contributed by atoms with Crippen molar-refractivity contribution < 1.29 is 4.79 Å². The molecule has 19 heavy (non-hydrogen) atoms. The molecule has 0 saturated heterocycles. The molecule has 2 rings (SSSR count). The van der Waals surface area contributed by atoms with Crippen molar-refractivity contribution in [3.8, 4) is 0 Å². The van der Waals surface area contributed by atoms with Crippen LogP contribution < -0.4 is 5.32 Å². The summed E-state index contributed by atoms with van der Waals surface area (Å²) in [5, 5.41) is 2.90.